The van der Waals surface area contributed by atoms with Gasteiger partial charge in [-0.25, -0.2) is 4.39 Å². The summed E-state index contributed by atoms with van der Waals surface area (Å²) in [5.74, 6) is 0.160. The van der Waals surface area contributed by atoms with Gasteiger partial charge in [0.2, 0.25) is 0 Å². The Morgan fingerprint density at radius 1 is 1.63 bits per heavy atom. The van der Waals surface area contributed by atoms with Crippen LogP contribution in [0, 0.1) is 11.7 Å². The summed E-state index contributed by atoms with van der Waals surface area (Å²) < 4.78 is 14.6. The van der Waals surface area contributed by atoms with Gasteiger partial charge in [-0.05, 0) is 40.4 Å². The van der Waals surface area contributed by atoms with E-state index in [4.69, 9.17) is 10.9 Å². The van der Waals surface area contributed by atoms with Crippen molar-refractivity contribution in [2.45, 2.75) is 19.8 Å². The second kappa shape index (κ2) is 5.77. The maximum absolute atomic E-state index is 14.4. The predicted molar refractivity (Wildman–Crippen MR) is 77.2 cm³/mol. The highest BCUT2D eigenvalue weighted by molar-refractivity contribution is 9.10. The first-order valence-corrected chi connectivity index (χ1v) is 7.08. The summed E-state index contributed by atoms with van der Waals surface area (Å²) in [6.45, 7) is 3.90. The monoisotopic (exact) mass is 329 g/mol. The highest BCUT2D eigenvalue weighted by atomic mass is 79.9. The molecule has 104 valence electrons. The van der Waals surface area contributed by atoms with Crippen molar-refractivity contribution in [1.82, 2.24) is 0 Å². The molecule has 19 heavy (non-hydrogen) atoms. The summed E-state index contributed by atoms with van der Waals surface area (Å²) in [5, 5.41) is 11.6. The van der Waals surface area contributed by atoms with Gasteiger partial charge < -0.3 is 15.8 Å². The molecule has 0 saturated carbocycles. The minimum Gasteiger partial charge on any atom is -0.409 e. The van der Waals surface area contributed by atoms with E-state index in [1.165, 1.54) is 0 Å². The molecule has 1 unspecified atom stereocenters. The zero-order valence-electron chi connectivity index (χ0n) is 10.7. The van der Waals surface area contributed by atoms with Gasteiger partial charge in [0, 0.05) is 18.7 Å². The van der Waals surface area contributed by atoms with Gasteiger partial charge in [0.05, 0.1) is 10.2 Å². The molecule has 1 aromatic rings. The van der Waals surface area contributed by atoms with Crippen LogP contribution in [0.25, 0.3) is 0 Å². The summed E-state index contributed by atoms with van der Waals surface area (Å²) in [5.41, 5.74) is 6.42. The Morgan fingerprint density at radius 2 is 2.37 bits per heavy atom. The summed E-state index contributed by atoms with van der Waals surface area (Å²) in [4.78, 5) is 2.05. The van der Waals surface area contributed by atoms with Crippen molar-refractivity contribution in [3.8, 4) is 0 Å². The first-order valence-electron chi connectivity index (χ1n) is 6.29. The van der Waals surface area contributed by atoms with Crippen molar-refractivity contribution >= 4 is 27.5 Å². The molecule has 1 saturated heterocycles. The fourth-order valence-electron chi connectivity index (χ4n) is 2.42. The topological polar surface area (TPSA) is 61.8 Å². The van der Waals surface area contributed by atoms with Gasteiger partial charge in [0.1, 0.15) is 0 Å². The number of nitrogens with two attached hydrogens (primary N) is 1. The number of rotatable bonds is 3. The Balaban J connectivity index is 2.32. The lowest BCUT2D eigenvalue weighted by molar-refractivity contribution is 0.318. The van der Waals surface area contributed by atoms with E-state index in [0.29, 0.717) is 17.2 Å². The molecular formula is C13H17BrFN3O. The van der Waals surface area contributed by atoms with Crippen LogP contribution in [-0.4, -0.2) is 24.1 Å². The number of nitrogens with zero attached hydrogens (tertiary/aromatic N) is 2. The number of amidine groups is 1. The molecular weight excluding hydrogens is 313 g/mol. The summed E-state index contributed by atoms with van der Waals surface area (Å²) in [6.07, 6.45) is 2.21. The second-order valence-corrected chi connectivity index (χ2v) is 5.55. The van der Waals surface area contributed by atoms with Gasteiger partial charge in [0.25, 0.3) is 0 Å². The highest BCUT2D eigenvalue weighted by Gasteiger charge is 2.25. The third-order valence-corrected chi connectivity index (χ3v) is 4.42. The third kappa shape index (κ3) is 2.68. The van der Waals surface area contributed by atoms with Crippen LogP contribution >= 0.6 is 15.9 Å². The van der Waals surface area contributed by atoms with Crippen molar-refractivity contribution in [2.24, 2.45) is 16.8 Å². The maximum Gasteiger partial charge on any atom is 0.171 e. The molecule has 1 aromatic carbocycles. The average molecular weight is 330 g/mol. The normalized spacial score (nSPS) is 20.1. The molecule has 6 heteroatoms. The Kier molecular flexibility index (Phi) is 4.29. The average Bonchev–Trinajstić information content (AvgIpc) is 2.89. The number of oxime groups is 1. The fraction of sp³-hybridized carbons (Fsp3) is 0.462. The number of hydrogen-bond donors (Lipinski definition) is 2. The highest BCUT2D eigenvalue weighted by Crippen LogP contribution is 2.33. The van der Waals surface area contributed by atoms with Crippen LogP contribution in [0.3, 0.4) is 0 Å². The molecule has 0 aliphatic carbocycles. The smallest absolute Gasteiger partial charge is 0.171 e. The van der Waals surface area contributed by atoms with Gasteiger partial charge in [-0.3, -0.25) is 0 Å². The summed E-state index contributed by atoms with van der Waals surface area (Å²) >= 11 is 3.18. The van der Waals surface area contributed by atoms with E-state index in [-0.39, 0.29) is 16.1 Å². The predicted octanol–water partition coefficient (Wildman–Crippen LogP) is 2.92. The molecule has 1 aliphatic heterocycles. The molecule has 1 fully saturated rings. The quantitative estimate of drug-likeness (QED) is 0.388. The van der Waals surface area contributed by atoms with Gasteiger partial charge in [0.15, 0.2) is 11.7 Å². The van der Waals surface area contributed by atoms with Crippen LogP contribution in [0.1, 0.15) is 25.3 Å². The number of halogens is 2. The van der Waals surface area contributed by atoms with Gasteiger partial charge >= 0.3 is 0 Å². The molecule has 3 N–H and O–H groups in total. The molecule has 0 aromatic heterocycles. The SMILES string of the molecule is CCC1CCN(c2ccc(/C(N)=N/O)c(Br)c2F)C1. The Morgan fingerprint density at radius 3 is 2.95 bits per heavy atom. The molecule has 1 atom stereocenters. The van der Waals surface area contributed by atoms with E-state index in [1.54, 1.807) is 12.1 Å². The fourth-order valence-corrected chi connectivity index (χ4v) is 2.96. The van der Waals surface area contributed by atoms with Crippen molar-refractivity contribution in [1.29, 1.82) is 0 Å². The minimum atomic E-state index is -0.360. The number of hydrogen-bond acceptors (Lipinski definition) is 3. The van der Waals surface area contributed by atoms with Crippen LogP contribution in [0.15, 0.2) is 21.8 Å². The molecule has 0 amide bonds. The maximum atomic E-state index is 14.4. The summed E-state index contributed by atoms with van der Waals surface area (Å²) in [6, 6.07) is 3.35. The first-order chi connectivity index (χ1) is 9.08. The van der Waals surface area contributed by atoms with Crippen molar-refractivity contribution in [3.05, 3.63) is 28.0 Å². The van der Waals surface area contributed by atoms with E-state index in [0.717, 1.165) is 25.9 Å². The zero-order chi connectivity index (χ0) is 14.0. The molecule has 4 nitrogen and oxygen atoms in total. The lowest BCUT2D eigenvalue weighted by atomic mass is 10.1. The van der Waals surface area contributed by atoms with Crippen molar-refractivity contribution in [3.63, 3.8) is 0 Å². The molecule has 0 spiro atoms. The lowest BCUT2D eigenvalue weighted by Crippen LogP contribution is -2.22. The number of benzene rings is 1. The van der Waals surface area contributed by atoms with Crippen LogP contribution in [0.5, 0.6) is 0 Å². The Labute approximate surface area is 120 Å². The van der Waals surface area contributed by atoms with Crippen LogP contribution in [-0.2, 0) is 0 Å². The Hall–Kier alpha value is -1.30. The molecule has 1 aliphatic rings. The Bertz CT molecular complexity index is 507. The van der Waals surface area contributed by atoms with E-state index in [1.807, 2.05) is 4.90 Å². The summed E-state index contributed by atoms with van der Waals surface area (Å²) in [7, 11) is 0. The van der Waals surface area contributed by atoms with E-state index in [2.05, 4.69) is 28.0 Å². The number of anilines is 1. The van der Waals surface area contributed by atoms with Crippen molar-refractivity contribution < 1.29 is 9.60 Å². The standard InChI is InChI=1S/C13H17BrFN3O/c1-2-8-5-6-18(7-8)10-4-3-9(13(16)17-19)11(14)12(10)15/h3-4,8,19H,2,5-7H2,1H3,(H2,16,17). The largest absolute Gasteiger partial charge is 0.409 e. The third-order valence-electron chi connectivity index (χ3n) is 3.65. The van der Waals surface area contributed by atoms with Crippen LogP contribution in [0.4, 0.5) is 10.1 Å². The van der Waals surface area contributed by atoms with Gasteiger partial charge in [-0.1, -0.05) is 18.5 Å². The molecule has 1 heterocycles. The molecule has 2 rings (SSSR count). The second-order valence-electron chi connectivity index (χ2n) is 4.75. The van der Waals surface area contributed by atoms with Crippen LogP contribution in [0.2, 0.25) is 0 Å². The zero-order valence-corrected chi connectivity index (χ0v) is 12.3. The van der Waals surface area contributed by atoms with E-state index < -0.39 is 0 Å². The van der Waals surface area contributed by atoms with Crippen molar-refractivity contribution in [2.75, 3.05) is 18.0 Å². The molecule has 0 radical (unpaired) electrons. The van der Waals surface area contributed by atoms with Crippen LogP contribution < -0.4 is 10.6 Å². The van der Waals surface area contributed by atoms with E-state index >= 15 is 0 Å². The van der Waals surface area contributed by atoms with Gasteiger partial charge in [-0.2, -0.15) is 0 Å². The van der Waals surface area contributed by atoms with Gasteiger partial charge in [-0.15, -0.1) is 0 Å². The molecule has 0 bridgehead atoms. The minimum absolute atomic E-state index is 0.106. The lowest BCUT2D eigenvalue weighted by Gasteiger charge is -2.20. The van der Waals surface area contributed by atoms with E-state index in [9.17, 15) is 4.39 Å². The first kappa shape index (κ1) is 14.1.